The van der Waals surface area contributed by atoms with Crippen molar-refractivity contribution < 1.29 is 14.6 Å². The summed E-state index contributed by atoms with van der Waals surface area (Å²) >= 11 is 0. The van der Waals surface area contributed by atoms with E-state index in [1.165, 1.54) is 0 Å². The van der Waals surface area contributed by atoms with E-state index in [-0.39, 0.29) is 0 Å². The van der Waals surface area contributed by atoms with Crippen LogP contribution in [0.2, 0.25) is 0 Å². The topological polar surface area (TPSA) is 46.5 Å². The van der Waals surface area contributed by atoms with Gasteiger partial charge >= 0.3 is 5.97 Å². The van der Waals surface area contributed by atoms with Gasteiger partial charge in [-0.3, -0.25) is 0 Å². The molecule has 1 unspecified atom stereocenters. The number of benzene rings is 1. The molecule has 0 aromatic heterocycles. The van der Waals surface area contributed by atoms with E-state index in [1.807, 2.05) is 32.0 Å². The predicted molar refractivity (Wildman–Crippen MR) is 62.5 cm³/mol. The summed E-state index contributed by atoms with van der Waals surface area (Å²) in [6.45, 7) is 7.71. The molecular formula is C13H18O3. The maximum Gasteiger partial charge on any atom is 0.340 e. The summed E-state index contributed by atoms with van der Waals surface area (Å²) < 4.78 is 5.37. The highest BCUT2D eigenvalue weighted by molar-refractivity contribution is 5.79. The van der Waals surface area contributed by atoms with Crippen molar-refractivity contribution in [2.45, 2.75) is 33.3 Å². The lowest BCUT2D eigenvalue weighted by Crippen LogP contribution is -2.35. The second-order valence-electron chi connectivity index (χ2n) is 4.07. The molecule has 0 amide bonds. The molecule has 3 heteroatoms. The van der Waals surface area contributed by atoms with Crippen molar-refractivity contribution in [1.82, 2.24) is 0 Å². The van der Waals surface area contributed by atoms with Crippen LogP contribution in [0.1, 0.15) is 30.5 Å². The molecule has 3 nitrogen and oxygen atoms in total. The number of ether oxygens (including phenoxy) is 1. The Morgan fingerprint density at radius 3 is 2.44 bits per heavy atom. The lowest BCUT2D eigenvalue weighted by atomic mass is 9.93. The minimum absolute atomic E-state index is 0.371. The van der Waals surface area contributed by atoms with Crippen molar-refractivity contribution in [3.63, 3.8) is 0 Å². The molecule has 0 saturated heterocycles. The molecule has 0 aliphatic carbocycles. The van der Waals surface area contributed by atoms with Crippen molar-refractivity contribution in [2.75, 3.05) is 6.61 Å². The Morgan fingerprint density at radius 2 is 2.00 bits per heavy atom. The summed E-state index contributed by atoms with van der Waals surface area (Å²) in [5.74, 6) is -0.961. The maximum absolute atomic E-state index is 11.3. The van der Waals surface area contributed by atoms with E-state index in [0.717, 1.165) is 11.1 Å². The summed E-state index contributed by atoms with van der Waals surface area (Å²) in [7, 11) is 0. The summed E-state index contributed by atoms with van der Waals surface area (Å²) in [5, 5.41) is 9.25. The van der Waals surface area contributed by atoms with Crippen LogP contribution >= 0.6 is 0 Å². The molecule has 0 saturated carbocycles. The van der Waals surface area contributed by atoms with Gasteiger partial charge in [0.05, 0.1) is 0 Å². The quantitative estimate of drug-likeness (QED) is 0.851. The molecule has 88 valence electrons. The van der Waals surface area contributed by atoms with Crippen LogP contribution in [0.5, 0.6) is 0 Å². The van der Waals surface area contributed by atoms with Gasteiger partial charge in [0.25, 0.3) is 0 Å². The zero-order chi connectivity index (χ0) is 12.3. The minimum Gasteiger partial charge on any atom is -0.479 e. The zero-order valence-corrected chi connectivity index (χ0v) is 10.2. The van der Waals surface area contributed by atoms with Gasteiger partial charge in [0.1, 0.15) is 0 Å². The SMILES string of the molecule is CCOC(C)(C(=O)O)c1ccc(C)c(C)c1. The molecule has 0 spiro atoms. The van der Waals surface area contributed by atoms with Gasteiger partial charge in [-0.2, -0.15) is 0 Å². The zero-order valence-electron chi connectivity index (χ0n) is 10.2. The van der Waals surface area contributed by atoms with Crippen molar-refractivity contribution in [1.29, 1.82) is 0 Å². The fourth-order valence-corrected chi connectivity index (χ4v) is 1.60. The van der Waals surface area contributed by atoms with E-state index < -0.39 is 11.6 Å². The molecule has 0 aliphatic heterocycles. The van der Waals surface area contributed by atoms with Gasteiger partial charge in [-0.05, 0) is 44.4 Å². The number of carbonyl (C=O) groups is 1. The molecule has 0 radical (unpaired) electrons. The highest BCUT2D eigenvalue weighted by Crippen LogP contribution is 2.27. The summed E-state index contributed by atoms with van der Waals surface area (Å²) in [5.41, 5.74) is 1.65. The van der Waals surface area contributed by atoms with Crippen molar-refractivity contribution in [3.8, 4) is 0 Å². The third kappa shape index (κ3) is 2.25. The molecule has 0 bridgehead atoms. The van der Waals surface area contributed by atoms with Gasteiger partial charge in [0, 0.05) is 6.61 Å². The Morgan fingerprint density at radius 1 is 1.38 bits per heavy atom. The largest absolute Gasteiger partial charge is 0.479 e. The van der Waals surface area contributed by atoms with Gasteiger partial charge in [-0.15, -0.1) is 0 Å². The Hall–Kier alpha value is -1.35. The van der Waals surface area contributed by atoms with E-state index in [2.05, 4.69) is 0 Å². The minimum atomic E-state index is -1.26. The monoisotopic (exact) mass is 222 g/mol. The van der Waals surface area contributed by atoms with Crippen LogP contribution in [-0.4, -0.2) is 17.7 Å². The van der Waals surface area contributed by atoms with E-state index >= 15 is 0 Å². The Balaban J connectivity index is 3.21. The first-order chi connectivity index (χ1) is 7.41. The normalized spacial score (nSPS) is 14.5. The highest BCUT2D eigenvalue weighted by Gasteiger charge is 2.36. The molecule has 16 heavy (non-hydrogen) atoms. The third-order valence-corrected chi connectivity index (χ3v) is 2.90. The molecule has 0 aliphatic rings. The fourth-order valence-electron chi connectivity index (χ4n) is 1.60. The molecule has 1 rings (SSSR count). The van der Waals surface area contributed by atoms with Crippen LogP contribution in [0.15, 0.2) is 18.2 Å². The lowest BCUT2D eigenvalue weighted by molar-refractivity contribution is -0.164. The smallest absolute Gasteiger partial charge is 0.340 e. The Labute approximate surface area is 96.1 Å². The number of carboxylic acids is 1. The van der Waals surface area contributed by atoms with Crippen molar-refractivity contribution in [3.05, 3.63) is 34.9 Å². The molecule has 1 aromatic rings. The number of hydrogen-bond acceptors (Lipinski definition) is 2. The van der Waals surface area contributed by atoms with Crippen LogP contribution in [0.4, 0.5) is 0 Å². The first-order valence-corrected chi connectivity index (χ1v) is 5.37. The summed E-state index contributed by atoms with van der Waals surface area (Å²) in [4.78, 5) is 11.3. The van der Waals surface area contributed by atoms with Crippen LogP contribution in [0.3, 0.4) is 0 Å². The van der Waals surface area contributed by atoms with E-state index in [1.54, 1.807) is 13.8 Å². The van der Waals surface area contributed by atoms with Crippen LogP contribution in [-0.2, 0) is 15.1 Å². The second-order valence-corrected chi connectivity index (χ2v) is 4.07. The van der Waals surface area contributed by atoms with Crippen molar-refractivity contribution in [2.24, 2.45) is 0 Å². The van der Waals surface area contributed by atoms with Gasteiger partial charge in [-0.25, -0.2) is 4.79 Å². The number of hydrogen-bond donors (Lipinski definition) is 1. The van der Waals surface area contributed by atoms with E-state index in [9.17, 15) is 9.90 Å². The highest BCUT2D eigenvalue weighted by atomic mass is 16.5. The Kier molecular flexibility index (Phi) is 3.70. The number of rotatable bonds is 4. The first kappa shape index (κ1) is 12.7. The molecule has 0 heterocycles. The van der Waals surface area contributed by atoms with Gasteiger partial charge in [0.2, 0.25) is 0 Å². The van der Waals surface area contributed by atoms with Crippen LogP contribution < -0.4 is 0 Å². The van der Waals surface area contributed by atoms with Gasteiger partial charge in [0.15, 0.2) is 5.60 Å². The molecular weight excluding hydrogens is 204 g/mol. The second kappa shape index (κ2) is 4.66. The average Bonchev–Trinajstić information content (AvgIpc) is 2.22. The third-order valence-electron chi connectivity index (χ3n) is 2.90. The lowest BCUT2D eigenvalue weighted by Gasteiger charge is -2.25. The molecule has 1 atom stereocenters. The Bertz CT molecular complexity index is 398. The molecule has 1 N–H and O–H groups in total. The van der Waals surface area contributed by atoms with Crippen LogP contribution in [0.25, 0.3) is 0 Å². The molecule has 1 aromatic carbocycles. The van der Waals surface area contributed by atoms with Gasteiger partial charge in [-0.1, -0.05) is 18.2 Å². The standard InChI is InChI=1S/C13H18O3/c1-5-16-13(4,12(14)15)11-7-6-9(2)10(3)8-11/h6-8H,5H2,1-4H3,(H,14,15). The van der Waals surface area contributed by atoms with Gasteiger partial charge < -0.3 is 9.84 Å². The first-order valence-electron chi connectivity index (χ1n) is 5.37. The fraction of sp³-hybridized carbons (Fsp3) is 0.462. The summed E-state index contributed by atoms with van der Waals surface area (Å²) in [6, 6.07) is 5.61. The molecule has 0 fully saturated rings. The van der Waals surface area contributed by atoms with Crippen LogP contribution in [0, 0.1) is 13.8 Å². The number of aryl methyl sites for hydroxylation is 2. The van der Waals surface area contributed by atoms with Crippen molar-refractivity contribution >= 4 is 5.97 Å². The maximum atomic E-state index is 11.3. The number of carboxylic acid groups (broad SMARTS) is 1. The summed E-state index contributed by atoms with van der Waals surface area (Å²) in [6.07, 6.45) is 0. The van der Waals surface area contributed by atoms with E-state index in [4.69, 9.17) is 4.74 Å². The number of aliphatic carboxylic acids is 1. The van der Waals surface area contributed by atoms with E-state index in [0.29, 0.717) is 12.2 Å². The average molecular weight is 222 g/mol. The predicted octanol–water partition coefficient (Wildman–Crippen LogP) is 2.64.